The number of carbonyl (C=O) groups is 1. The third-order valence-electron chi connectivity index (χ3n) is 3.29. The number of aromatic nitrogens is 2. The number of benzene rings is 2. The molecule has 6 heteroatoms. The highest BCUT2D eigenvalue weighted by molar-refractivity contribution is 6.31. The van der Waals surface area contributed by atoms with Gasteiger partial charge in [-0.05, 0) is 42.0 Å². The van der Waals surface area contributed by atoms with Crippen LogP contribution < -0.4 is 5.32 Å². The number of hydrogen-bond donors (Lipinski definition) is 1. The van der Waals surface area contributed by atoms with Crippen molar-refractivity contribution in [1.29, 1.82) is 0 Å². The van der Waals surface area contributed by atoms with Crippen LogP contribution in [-0.2, 0) is 6.54 Å². The predicted molar refractivity (Wildman–Crippen MR) is 92.2 cm³/mol. The summed E-state index contributed by atoms with van der Waals surface area (Å²) in [5, 5.41) is 8.34. The van der Waals surface area contributed by atoms with E-state index in [1.807, 2.05) is 24.3 Å². The summed E-state index contributed by atoms with van der Waals surface area (Å²) < 4.78 is 1.71. The summed E-state index contributed by atoms with van der Waals surface area (Å²) >= 11 is 11.8. The fourth-order valence-electron chi connectivity index (χ4n) is 2.16. The fraction of sp³-hybridized carbons (Fsp3) is 0.0588. The van der Waals surface area contributed by atoms with Crippen LogP contribution in [0.5, 0.6) is 0 Å². The standard InChI is InChI=1S/C17H13Cl2N3O/c18-14-6-4-13(5-7-14)17(23)21-16-8-9-20-22(16)11-12-2-1-3-15(19)10-12/h1-10H,11H2,(H,21,23). The lowest BCUT2D eigenvalue weighted by Crippen LogP contribution is -2.16. The second-order valence-corrected chi connectivity index (χ2v) is 5.84. The Morgan fingerprint density at radius 1 is 1.04 bits per heavy atom. The van der Waals surface area contributed by atoms with Crippen LogP contribution in [0.15, 0.2) is 60.8 Å². The molecule has 0 radical (unpaired) electrons. The van der Waals surface area contributed by atoms with E-state index >= 15 is 0 Å². The van der Waals surface area contributed by atoms with Gasteiger partial charge in [-0.1, -0.05) is 35.3 Å². The lowest BCUT2D eigenvalue weighted by Gasteiger charge is -2.09. The van der Waals surface area contributed by atoms with Gasteiger partial charge in [0, 0.05) is 21.7 Å². The number of rotatable bonds is 4. The maximum atomic E-state index is 12.3. The van der Waals surface area contributed by atoms with E-state index in [2.05, 4.69) is 10.4 Å². The van der Waals surface area contributed by atoms with Crippen LogP contribution in [0.1, 0.15) is 15.9 Å². The van der Waals surface area contributed by atoms with E-state index in [1.165, 1.54) is 0 Å². The molecule has 4 nitrogen and oxygen atoms in total. The van der Waals surface area contributed by atoms with Gasteiger partial charge >= 0.3 is 0 Å². The minimum Gasteiger partial charge on any atom is -0.307 e. The molecule has 0 aliphatic carbocycles. The third-order valence-corrected chi connectivity index (χ3v) is 3.77. The quantitative estimate of drug-likeness (QED) is 0.757. The number of hydrogen-bond acceptors (Lipinski definition) is 2. The molecule has 1 N–H and O–H groups in total. The van der Waals surface area contributed by atoms with Crippen LogP contribution in [0.25, 0.3) is 0 Å². The summed E-state index contributed by atoms with van der Waals surface area (Å²) in [6.45, 7) is 0.518. The number of halogens is 2. The summed E-state index contributed by atoms with van der Waals surface area (Å²) in [4.78, 5) is 12.3. The Balaban J connectivity index is 1.75. The highest BCUT2D eigenvalue weighted by atomic mass is 35.5. The second-order valence-electron chi connectivity index (χ2n) is 4.97. The van der Waals surface area contributed by atoms with E-state index in [4.69, 9.17) is 23.2 Å². The topological polar surface area (TPSA) is 46.9 Å². The fourth-order valence-corrected chi connectivity index (χ4v) is 2.50. The normalized spacial score (nSPS) is 10.5. The van der Waals surface area contributed by atoms with Crippen LogP contribution in [0.2, 0.25) is 10.0 Å². The van der Waals surface area contributed by atoms with Crippen LogP contribution >= 0.6 is 23.2 Å². The zero-order valence-electron chi connectivity index (χ0n) is 12.0. The Bertz CT molecular complexity index is 828. The average molecular weight is 346 g/mol. The molecule has 0 fully saturated rings. The molecule has 0 unspecified atom stereocenters. The number of nitrogens with one attached hydrogen (secondary N) is 1. The highest BCUT2D eigenvalue weighted by Crippen LogP contribution is 2.16. The first-order valence-electron chi connectivity index (χ1n) is 6.95. The Hall–Kier alpha value is -2.30. The Morgan fingerprint density at radius 3 is 2.57 bits per heavy atom. The summed E-state index contributed by atoms with van der Waals surface area (Å²) in [7, 11) is 0. The molecule has 23 heavy (non-hydrogen) atoms. The molecule has 0 saturated carbocycles. The number of nitrogens with zero attached hydrogens (tertiary/aromatic N) is 2. The van der Waals surface area contributed by atoms with Gasteiger partial charge in [-0.3, -0.25) is 4.79 Å². The molecule has 2 aromatic carbocycles. The SMILES string of the molecule is O=C(Nc1ccnn1Cc1cccc(Cl)c1)c1ccc(Cl)cc1. The minimum atomic E-state index is -0.213. The minimum absolute atomic E-state index is 0.213. The van der Waals surface area contributed by atoms with Crippen molar-refractivity contribution in [3.63, 3.8) is 0 Å². The van der Waals surface area contributed by atoms with Crippen molar-refractivity contribution >= 4 is 34.9 Å². The van der Waals surface area contributed by atoms with Crippen molar-refractivity contribution in [1.82, 2.24) is 9.78 Å². The Labute approximate surface area is 143 Å². The van der Waals surface area contributed by atoms with Crippen LogP contribution in [-0.4, -0.2) is 15.7 Å². The van der Waals surface area contributed by atoms with Crippen molar-refractivity contribution in [3.05, 3.63) is 82.0 Å². The zero-order valence-corrected chi connectivity index (χ0v) is 13.6. The number of carbonyl (C=O) groups excluding carboxylic acids is 1. The largest absolute Gasteiger partial charge is 0.307 e. The van der Waals surface area contributed by atoms with Gasteiger partial charge in [-0.25, -0.2) is 4.68 Å². The van der Waals surface area contributed by atoms with E-state index < -0.39 is 0 Å². The van der Waals surface area contributed by atoms with Gasteiger partial charge in [-0.2, -0.15) is 5.10 Å². The van der Waals surface area contributed by atoms with Crippen LogP contribution in [0.4, 0.5) is 5.82 Å². The molecule has 0 spiro atoms. The molecular formula is C17H13Cl2N3O. The molecule has 0 atom stereocenters. The van der Waals surface area contributed by atoms with E-state index in [9.17, 15) is 4.79 Å². The second kappa shape index (κ2) is 6.86. The molecule has 1 amide bonds. The zero-order chi connectivity index (χ0) is 16.2. The molecule has 0 aliphatic rings. The van der Waals surface area contributed by atoms with Crippen LogP contribution in [0, 0.1) is 0 Å². The van der Waals surface area contributed by atoms with Gasteiger partial charge in [0.2, 0.25) is 0 Å². The van der Waals surface area contributed by atoms with Crippen molar-refractivity contribution in [2.75, 3.05) is 5.32 Å². The van der Waals surface area contributed by atoms with Gasteiger partial charge in [0.15, 0.2) is 0 Å². The predicted octanol–water partition coefficient (Wildman–Crippen LogP) is 4.49. The van der Waals surface area contributed by atoms with Gasteiger partial charge in [0.1, 0.15) is 5.82 Å². The van der Waals surface area contributed by atoms with Crippen molar-refractivity contribution in [2.45, 2.75) is 6.54 Å². The van der Waals surface area contributed by atoms with E-state index in [1.54, 1.807) is 41.2 Å². The van der Waals surface area contributed by atoms with Gasteiger partial charge in [-0.15, -0.1) is 0 Å². The summed E-state index contributed by atoms with van der Waals surface area (Å²) in [5.74, 6) is 0.402. The smallest absolute Gasteiger partial charge is 0.256 e. The summed E-state index contributed by atoms with van der Waals surface area (Å²) in [5.41, 5.74) is 1.54. The number of anilines is 1. The lowest BCUT2D eigenvalue weighted by atomic mass is 10.2. The molecule has 3 rings (SSSR count). The van der Waals surface area contributed by atoms with E-state index in [0.717, 1.165) is 5.56 Å². The van der Waals surface area contributed by atoms with E-state index in [0.29, 0.717) is 28.0 Å². The van der Waals surface area contributed by atoms with Crippen molar-refractivity contribution in [2.24, 2.45) is 0 Å². The average Bonchev–Trinajstić information content (AvgIpc) is 2.95. The maximum absolute atomic E-state index is 12.3. The summed E-state index contributed by atoms with van der Waals surface area (Å²) in [6.07, 6.45) is 1.64. The van der Waals surface area contributed by atoms with Crippen molar-refractivity contribution in [3.8, 4) is 0 Å². The molecule has 0 bridgehead atoms. The number of amides is 1. The van der Waals surface area contributed by atoms with Gasteiger partial charge in [0.05, 0.1) is 12.7 Å². The maximum Gasteiger partial charge on any atom is 0.256 e. The van der Waals surface area contributed by atoms with Crippen molar-refractivity contribution < 1.29 is 4.79 Å². The molecule has 1 aromatic heterocycles. The van der Waals surface area contributed by atoms with E-state index in [-0.39, 0.29) is 5.91 Å². The monoisotopic (exact) mass is 345 g/mol. The molecule has 1 heterocycles. The molecule has 0 saturated heterocycles. The molecule has 0 aliphatic heterocycles. The van der Waals surface area contributed by atoms with Gasteiger partial charge < -0.3 is 5.32 Å². The highest BCUT2D eigenvalue weighted by Gasteiger charge is 2.10. The third kappa shape index (κ3) is 3.92. The first kappa shape index (κ1) is 15.6. The Kier molecular flexibility index (Phi) is 4.65. The first-order valence-corrected chi connectivity index (χ1v) is 7.70. The molecule has 3 aromatic rings. The van der Waals surface area contributed by atoms with Crippen LogP contribution in [0.3, 0.4) is 0 Å². The molecule has 116 valence electrons. The first-order chi connectivity index (χ1) is 11.1. The lowest BCUT2D eigenvalue weighted by molar-refractivity contribution is 0.102. The molecular weight excluding hydrogens is 333 g/mol. The Morgan fingerprint density at radius 2 is 1.83 bits per heavy atom. The summed E-state index contributed by atoms with van der Waals surface area (Å²) in [6, 6.07) is 16.0. The van der Waals surface area contributed by atoms with Gasteiger partial charge in [0.25, 0.3) is 5.91 Å².